The zero-order valence-corrected chi connectivity index (χ0v) is 16.0. The molecule has 6 heteroatoms. The van der Waals surface area contributed by atoms with Crippen molar-refractivity contribution in [1.29, 1.82) is 0 Å². The number of carbonyl (C=O) groups is 1. The SMILES string of the molecule is O=C(Nc1ccc(SC(F)F)cc1)c1cc(-c2ccccc2)nc2ccccc12. The van der Waals surface area contributed by atoms with Crippen molar-refractivity contribution in [3.8, 4) is 11.3 Å². The number of halogens is 2. The van der Waals surface area contributed by atoms with Crippen molar-refractivity contribution in [2.75, 3.05) is 5.32 Å². The molecule has 1 heterocycles. The van der Waals surface area contributed by atoms with Crippen LogP contribution < -0.4 is 5.32 Å². The highest BCUT2D eigenvalue weighted by Gasteiger charge is 2.14. The van der Waals surface area contributed by atoms with Crippen LogP contribution in [-0.2, 0) is 0 Å². The number of rotatable bonds is 5. The van der Waals surface area contributed by atoms with Crippen LogP contribution in [0.5, 0.6) is 0 Å². The molecule has 0 radical (unpaired) electrons. The van der Waals surface area contributed by atoms with E-state index >= 15 is 0 Å². The molecule has 0 saturated carbocycles. The van der Waals surface area contributed by atoms with E-state index in [1.54, 1.807) is 30.3 Å². The number of thioether (sulfide) groups is 1. The molecule has 0 spiro atoms. The molecule has 0 saturated heterocycles. The number of nitrogens with one attached hydrogen (secondary N) is 1. The Morgan fingerprint density at radius 3 is 2.31 bits per heavy atom. The molecule has 0 atom stereocenters. The topological polar surface area (TPSA) is 42.0 Å². The van der Waals surface area contributed by atoms with Gasteiger partial charge < -0.3 is 5.32 Å². The number of hydrogen-bond donors (Lipinski definition) is 1. The van der Waals surface area contributed by atoms with E-state index in [1.807, 2.05) is 54.6 Å². The summed E-state index contributed by atoms with van der Waals surface area (Å²) in [4.78, 5) is 18.1. The van der Waals surface area contributed by atoms with Crippen LogP contribution in [0.2, 0.25) is 0 Å². The van der Waals surface area contributed by atoms with Gasteiger partial charge in [-0.3, -0.25) is 4.79 Å². The Bertz CT molecular complexity index is 1150. The predicted octanol–water partition coefficient (Wildman–Crippen LogP) is 6.47. The average molecular weight is 406 g/mol. The quantitative estimate of drug-likeness (QED) is 0.386. The molecule has 0 aliphatic rings. The Balaban J connectivity index is 1.68. The zero-order valence-electron chi connectivity index (χ0n) is 15.2. The van der Waals surface area contributed by atoms with E-state index in [9.17, 15) is 13.6 Å². The molecular formula is C23H16F2N2OS. The Morgan fingerprint density at radius 2 is 1.59 bits per heavy atom. The largest absolute Gasteiger partial charge is 0.322 e. The number of hydrogen-bond acceptors (Lipinski definition) is 3. The number of nitrogens with zero attached hydrogens (tertiary/aromatic N) is 1. The van der Waals surface area contributed by atoms with E-state index in [1.165, 1.54) is 0 Å². The van der Waals surface area contributed by atoms with Gasteiger partial charge in [-0.25, -0.2) is 4.98 Å². The Morgan fingerprint density at radius 1 is 0.897 bits per heavy atom. The summed E-state index contributed by atoms with van der Waals surface area (Å²) >= 11 is 0.470. The summed E-state index contributed by atoms with van der Waals surface area (Å²) in [6.07, 6.45) is 0. The second-order valence-electron chi connectivity index (χ2n) is 6.30. The summed E-state index contributed by atoms with van der Waals surface area (Å²) in [5.74, 6) is -2.76. The molecule has 1 aromatic heterocycles. The van der Waals surface area contributed by atoms with Crippen LogP contribution in [0.3, 0.4) is 0 Å². The molecule has 0 aliphatic carbocycles. The van der Waals surface area contributed by atoms with Crippen molar-refractivity contribution in [3.05, 3.63) is 90.5 Å². The summed E-state index contributed by atoms with van der Waals surface area (Å²) in [5.41, 5.74) is 3.39. The van der Waals surface area contributed by atoms with Crippen LogP contribution >= 0.6 is 11.8 Å². The maximum atomic E-state index is 13.0. The van der Waals surface area contributed by atoms with Gasteiger partial charge in [-0.1, -0.05) is 60.3 Å². The zero-order chi connectivity index (χ0) is 20.2. The summed E-state index contributed by atoms with van der Waals surface area (Å²) in [5, 5.41) is 3.59. The number of carbonyl (C=O) groups excluding carboxylic acids is 1. The van der Waals surface area contributed by atoms with Gasteiger partial charge in [0, 0.05) is 21.5 Å². The Hall–Kier alpha value is -3.25. The van der Waals surface area contributed by atoms with Crippen molar-refractivity contribution >= 4 is 34.3 Å². The molecule has 144 valence electrons. The van der Waals surface area contributed by atoms with Crippen LogP contribution in [0.15, 0.2) is 89.8 Å². The molecular weight excluding hydrogens is 390 g/mol. The first-order valence-corrected chi connectivity index (χ1v) is 9.79. The molecule has 4 rings (SSSR count). The fourth-order valence-corrected chi connectivity index (χ4v) is 3.54. The number of alkyl halides is 2. The minimum atomic E-state index is -2.48. The maximum Gasteiger partial charge on any atom is 0.288 e. The van der Waals surface area contributed by atoms with E-state index in [-0.39, 0.29) is 5.91 Å². The van der Waals surface area contributed by atoms with Gasteiger partial charge in [-0.2, -0.15) is 8.78 Å². The van der Waals surface area contributed by atoms with E-state index in [4.69, 9.17) is 0 Å². The van der Waals surface area contributed by atoms with E-state index < -0.39 is 5.76 Å². The molecule has 0 fully saturated rings. The van der Waals surface area contributed by atoms with Gasteiger partial charge in [-0.15, -0.1) is 0 Å². The summed E-state index contributed by atoms with van der Waals surface area (Å²) in [6, 6.07) is 25.2. The lowest BCUT2D eigenvalue weighted by Crippen LogP contribution is -2.13. The monoisotopic (exact) mass is 406 g/mol. The fraction of sp³-hybridized carbons (Fsp3) is 0.0435. The highest BCUT2D eigenvalue weighted by Crippen LogP contribution is 2.28. The fourth-order valence-electron chi connectivity index (χ4n) is 3.04. The number of benzene rings is 3. The molecule has 0 aliphatic heterocycles. The lowest BCUT2D eigenvalue weighted by molar-refractivity contribution is 0.102. The van der Waals surface area contributed by atoms with Gasteiger partial charge in [0.1, 0.15) is 0 Å². The third-order valence-corrected chi connectivity index (χ3v) is 5.09. The van der Waals surface area contributed by atoms with Crippen LogP contribution in [0.4, 0.5) is 14.5 Å². The molecule has 1 amide bonds. The van der Waals surface area contributed by atoms with Crippen LogP contribution in [0.25, 0.3) is 22.2 Å². The minimum absolute atomic E-state index is 0.282. The highest BCUT2D eigenvalue weighted by molar-refractivity contribution is 7.99. The molecule has 4 aromatic rings. The van der Waals surface area contributed by atoms with Crippen molar-refractivity contribution in [2.45, 2.75) is 10.7 Å². The number of aromatic nitrogens is 1. The first-order valence-electron chi connectivity index (χ1n) is 8.91. The summed E-state index contributed by atoms with van der Waals surface area (Å²) in [7, 11) is 0. The lowest BCUT2D eigenvalue weighted by atomic mass is 10.0. The van der Waals surface area contributed by atoms with E-state index in [0.29, 0.717) is 33.6 Å². The summed E-state index contributed by atoms with van der Waals surface area (Å²) in [6.45, 7) is 0. The Kier molecular flexibility index (Phi) is 5.53. The molecule has 3 nitrogen and oxygen atoms in total. The summed E-state index contributed by atoms with van der Waals surface area (Å²) < 4.78 is 24.9. The van der Waals surface area contributed by atoms with Gasteiger partial charge >= 0.3 is 0 Å². The van der Waals surface area contributed by atoms with E-state index in [0.717, 1.165) is 16.5 Å². The maximum absolute atomic E-state index is 13.0. The minimum Gasteiger partial charge on any atom is -0.322 e. The van der Waals surface area contributed by atoms with Crippen molar-refractivity contribution < 1.29 is 13.6 Å². The molecule has 0 unspecified atom stereocenters. The normalized spacial score (nSPS) is 11.0. The van der Waals surface area contributed by atoms with Crippen molar-refractivity contribution in [2.24, 2.45) is 0 Å². The van der Waals surface area contributed by atoms with E-state index in [2.05, 4.69) is 10.3 Å². The number of fused-ring (bicyclic) bond motifs is 1. The van der Waals surface area contributed by atoms with Gasteiger partial charge in [0.2, 0.25) is 0 Å². The number of anilines is 1. The standard InChI is InChI=1S/C23H16F2N2OS/c24-23(25)29-17-12-10-16(11-13-17)26-22(28)19-14-21(15-6-2-1-3-7-15)27-20-9-5-4-8-18(19)20/h1-14,23H,(H,26,28). The van der Waals surface area contributed by atoms with Crippen molar-refractivity contribution in [1.82, 2.24) is 4.98 Å². The van der Waals surface area contributed by atoms with Crippen LogP contribution in [-0.4, -0.2) is 16.6 Å². The third kappa shape index (κ3) is 4.43. The first-order chi connectivity index (χ1) is 14.1. The Labute approximate surface area is 170 Å². The third-order valence-electron chi connectivity index (χ3n) is 4.37. The smallest absolute Gasteiger partial charge is 0.288 e. The average Bonchev–Trinajstić information content (AvgIpc) is 2.74. The van der Waals surface area contributed by atoms with Crippen LogP contribution in [0, 0.1) is 0 Å². The van der Waals surface area contributed by atoms with Gasteiger partial charge in [-0.05, 0) is 36.4 Å². The first kappa shape index (κ1) is 19.1. The number of amides is 1. The van der Waals surface area contributed by atoms with Crippen LogP contribution in [0.1, 0.15) is 10.4 Å². The van der Waals surface area contributed by atoms with Gasteiger partial charge in [0.05, 0.1) is 16.8 Å². The molecule has 0 bridgehead atoms. The second-order valence-corrected chi connectivity index (χ2v) is 7.36. The second kappa shape index (κ2) is 8.41. The number of para-hydroxylation sites is 1. The molecule has 29 heavy (non-hydrogen) atoms. The number of pyridine rings is 1. The highest BCUT2D eigenvalue weighted by atomic mass is 32.2. The lowest BCUT2D eigenvalue weighted by Gasteiger charge is -2.11. The van der Waals surface area contributed by atoms with Crippen molar-refractivity contribution in [3.63, 3.8) is 0 Å². The predicted molar refractivity (Wildman–Crippen MR) is 113 cm³/mol. The molecule has 3 aromatic carbocycles. The van der Waals surface area contributed by atoms with Gasteiger partial charge in [0.15, 0.2) is 0 Å². The molecule has 1 N–H and O–H groups in total. The van der Waals surface area contributed by atoms with Gasteiger partial charge in [0.25, 0.3) is 11.7 Å².